The molecule has 0 atom stereocenters. The minimum atomic E-state index is -0.942. The number of hydrogen-bond donors (Lipinski definition) is 4. The van der Waals surface area contributed by atoms with Gasteiger partial charge in [0.2, 0.25) is 5.91 Å². The molecule has 0 radical (unpaired) electrons. The second-order valence-electron chi connectivity index (χ2n) is 9.67. The molecule has 2 amide bonds. The summed E-state index contributed by atoms with van der Waals surface area (Å²) in [6.45, 7) is 12.1. The topological polar surface area (TPSA) is 141 Å². The summed E-state index contributed by atoms with van der Waals surface area (Å²) < 4.78 is 23.3. The summed E-state index contributed by atoms with van der Waals surface area (Å²) >= 11 is 0. The molecule has 208 valence electrons. The summed E-state index contributed by atoms with van der Waals surface area (Å²) in [6.07, 6.45) is 1.44. The number of amides is 2. The van der Waals surface area contributed by atoms with Crippen molar-refractivity contribution in [2.75, 3.05) is 53.2 Å². The van der Waals surface area contributed by atoms with Crippen molar-refractivity contribution in [1.82, 2.24) is 15.2 Å². The van der Waals surface area contributed by atoms with Gasteiger partial charge in [-0.2, -0.15) is 0 Å². The van der Waals surface area contributed by atoms with Crippen LogP contribution in [0.25, 0.3) is 0 Å². The maximum absolute atomic E-state index is 12.3. The first-order valence-corrected chi connectivity index (χ1v) is 12.4. The smallest absolute Gasteiger partial charge is 0.251 e. The van der Waals surface area contributed by atoms with Crippen LogP contribution >= 0.6 is 0 Å². The highest BCUT2D eigenvalue weighted by Gasteiger charge is 2.29. The van der Waals surface area contributed by atoms with Gasteiger partial charge in [-0.15, -0.1) is 0 Å². The summed E-state index contributed by atoms with van der Waals surface area (Å²) in [7, 11) is 1.65. The number of aromatic hydroxyl groups is 2. The molecule has 0 aromatic carbocycles. The molecular weight excluding hydrogens is 470 g/mol. The van der Waals surface area contributed by atoms with E-state index in [1.165, 1.54) is 10.6 Å². The van der Waals surface area contributed by atoms with E-state index in [0.29, 0.717) is 71.1 Å². The molecule has 0 saturated carbocycles. The first-order chi connectivity index (χ1) is 16.9. The molecule has 0 saturated heterocycles. The fourth-order valence-electron chi connectivity index (χ4n) is 3.12. The van der Waals surface area contributed by atoms with E-state index in [1.807, 2.05) is 13.8 Å². The third kappa shape index (κ3) is 12.1. The Kier molecular flexibility index (Phi) is 13.8. The zero-order valence-electron chi connectivity index (χ0n) is 22.6. The second-order valence-corrected chi connectivity index (χ2v) is 9.67. The fourth-order valence-corrected chi connectivity index (χ4v) is 3.12. The highest BCUT2D eigenvalue weighted by Crippen LogP contribution is 2.26. The lowest BCUT2D eigenvalue weighted by atomic mass is 10.1. The van der Waals surface area contributed by atoms with Gasteiger partial charge in [-0.1, -0.05) is 0 Å². The van der Waals surface area contributed by atoms with Crippen molar-refractivity contribution in [3.05, 3.63) is 11.6 Å². The van der Waals surface area contributed by atoms with Gasteiger partial charge in [-0.3, -0.25) is 14.2 Å². The lowest BCUT2D eigenvalue weighted by Gasteiger charge is -2.28. The standard InChI is InChI=1S/C25H45N3O8/c1-19-18-21(30)28(22(19)31)12-7-8-20(29)26-10-14-34-16-17-35-15-11-27-23(32)25(4,5)36-13-9-24(2,3)33-6/h18,30-31H,7-17H2,1-6H3,(H,26,29)(H,27,32). The van der Waals surface area contributed by atoms with E-state index in [9.17, 15) is 19.8 Å². The van der Waals surface area contributed by atoms with Crippen LogP contribution in [0, 0.1) is 6.92 Å². The maximum Gasteiger partial charge on any atom is 0.251 e. The van der Waals surface area contributed by atoms with Crippen LogP contribution in [-0.4, -0.2) is 91.0 Å². The quantitative estimate of drug-likeness (QED) is 0.205. The molecule has 0 spiro atoms. The van der Waals surface area contributed by atoms with Crippen LogP contribution in [0.4, 0.5) is 0 Å². The van der Waals surface area contributed by atoms with Crippen LogP contribution in [0.2, 0.25) is 0 Å². The number of aryl methyl sites for hydroxylation is 1. The Balaban J connectivity index is 2.00. The minimum absolute atomic E-state index is 0.0146. The first kappa shape index (κ1) is 31.7. The predicted molar refractivity (Wildman–Crippen MR) is 135 cm³/mol. The molecule has 4 N–H and O–H groups in total. The van der Waals surface area contributed by atoms with E-state index in [0.717, 1.165) is 0 Å². The lowest BCUT2D eigenvalue weighted by molar-refractivity contribution is -0.145. The fraction of sp³-hybridized carbons (Fsp3) is 0.760. The number of ether oxygens (including phenoxy) is 4. The summed E-state index contributed by atoms with van der Waals surface area (Å²) in [5, 5.41) is 25.1. The molecule has 1 aromatic rings. The molecule has 0 unspecified atom stereocenters. The number of carbonyl (C=O) groups excluding carboxylic acids is 2. The van der Waals surface area contributed by atoms with Gasteiger partial charge in [0.25, 0.3) is 5.91 Å². The van der Waals surface area contributed by atoms with E-state index in [4.69, 9.17) is 18.9 Å². The normalized spacial score (nSPS) is 12.1. The lowest BCUT2D eigenvalue weighted by Crippen LogP contribution is -2.46. The highest BCUT2D eigenvalue weighted by molar-refractivity contribution is 5.84. The summed E-state index contributed by atoms with van der Waals surface area (Å²) in [5.41, 5.74) is -0.647. The van der Waals surface area contributed by atoms with Crippen LogP contribution in [-0.2, 0) is 35.1 Å². The number of hydrogen-bond acceptors (Lipinski definition) is 8. The van der Waals surface area contributed by atoms with E-state index in [-0.39, 0.29) is 35.6 Å². The number of rotatable bonds is 19. The minimum Gasteiger partial charge on any atom is -0.494 e. The van der Waals surface area contributed by atoms with Gasteiger partial charge in [-0.25, -0.2) is 0 Å². The Morgan fingerprint density at radius 1 is 0.972 bits per heavy atom. The molecule has 36 heavy (non-hydrogen) atoms. The number of nitrogens with zero attached hydrogens (tertiary/aromatic N) is 1. The molecule has 0 bridgehead atoms. The average Bonchev–Trinajstić information content (AvgIpc) is 3.05. The average molecular weight is 516 g/mol. The molecule has 1 heterocycles. The van der Waals surface area contributed by atoms with Gasteiger partial charge in [0.15, 0.2) is 11.8 Å². The Labute approximate surface area is 214 Å². The van der Waals surface area contributed by atoms with Crippen LogP contribution in [0.5, 0.6) is 11.8 Å². The Hall–Kier alpha value is -2.34. The van der Waals surface area contributed by atoms with Crippen LogP contribution in [0.1, 0.15) is 52.5 Å². The Bertz CT molecular complexity index is 807. The molecule has 11 heteroatoms. The van der Waals surface area contributed by atoms with Crippen LogP contribution < -0.4 is 10.6 Å². The third-order valence-corrected chi connectivity index (χ3v) is 5.76. The SMILES string of the molecule is COC(C)(C)CCOC(C)(C)C(=O)NCCOCCOCCNC(=O)CCCn1c(O)cc(C)c1O. The zero-order chi connectivity index (χ0) is 27.2. The van der Waals surface area contributed by atoms with E-state index in [1.54, 1.807) is 27.9 Å². The summed E-state index contributed by atoms with van der Waals surface area (Å²) in [4.78, 5) is 24.2. The number of methoxy groups -OCH3 is 1. The van der Waals surface area contributed by atoms with Gasteiger partial charge >= 0.3 is 0 Å². The predicted octanol–water partition coefficient (Wildman–Crippen LogP) is 1.86. The molecule has 0 aliphatic carbocycles. The van der Waals surface area contributed by atoms with Gasteiger partial charge in [0.05, 0.1) is 38.6 Å². The number of carbonyl (C=O) groups is 2. The van der Waals surface area contributed by atoms with Crippen molar-refractivity contribution in [1.29, 1.82) is 0 Å². The van der Waals surface area contributed by atoms with Gasteiger partial charge in [0.1, 0.15) is 5.60 Å². The molecule has 0 aliphatic heterocycles. The third-order valence-electron chi connectivity index (χ3n) is 5.76. The van der Waals surface area contributed by atoms with Crippen molar-refractivity contribution >= 4 is 11.8 Å². The molecule has 1 rings (SSSR count). The second kappa shape index (κ2) is 15.7. The van der Waals surface area contributed by atoms with Crippen molar-refractivity contribution in [2.24, 2.45) is 0 Å². The molecular formula is C25H45N3O8. The van der Waals surface area contributed by atoms with Gasteiger partial charge in [-0.05, 0) is 47.5 Å². The Morgan fingerprint density at radius 3 is 2.14 bits per heavy atom. The van der Waals surface area contributed by atoms with Gasteiger partial charge in [0, 0.05) is 44.8 Å². The number of nitrogens with one attached hydrogen (secondary N) is 2. The number of aromatic nitrogens is 1. The van der Waals surface area contributed by atoms with E-state index in [2.05, 4.69) is 10.6 Å². The summed E-state index contributed by atoms with van der Waals surface area (Å²) in [6, 6.07) is 1.48. The largest absolute Gasteiger partial charge is 0.494 e. The van der Waals surface area contributed by atoms with Crippen LogP contribution in [0.3, 0.4) is 0 Å². The first-order valence-electron chi connectivity index (χ1n) is 12.4. The van der Waals surface area contributed by atoms with Crippen molar-refractivity contribution in [3.8, 4) is 11.8 Å². The zero-order valence-corrected chi connectivity index (χ0v) is 22.6. The van der Waals surface area contributed by atoms with Crippen molar-refractivity contribution in [3.63, 3.8) is 0 Å². The van der Waals surface area contributed by atoms with Crippen molar-refractivity contribution in [2.45, 2.75) is 71.6 Å². The van der Waals surface area contributed by atoms with E-state index < -0.39 is 5.60 Å². The van der Waals surface area contributed by atoms with Crippen LogP contribution in [0.15, 0.2) is 6.07 Å². The molecule has 11 nitrogen and oxygen atoms in total. The molecule has 1 aromatic heterocycles. The van der Waals surface area contributed by atoms with E-state index >= 15 is 0 Å². The van der Waals surface area contributed by atoms with Crippen molar-refractivity contribution < 1.29 is 38.7 Å². The maximum atomic E-state index is 12.3. The molecule has 0 fully saturated rings. The highest BCUT2D eigenvalue weighted by atomic mass is 16.5. The monoisotopic (exact) mass is 515 g/mol. The summed E-state index contributed by atoms with van der Waals surface area (Å²) in [5.74, 6) is -0.325. The van der Waals surface area contributed by atoms with Gasteiger partial charge < -0.3 is 39.8 Å². The molecule has 0 aliphatic rings. The Morgan fingerprint density at radius 2 is 1.58 bits per heavy atom.